The molecule has 0 saturated carbocycles. The Hall–Kier alpha value is 0.532. The molecule has 0 bridgehead atoms. The minimum atomic E-state index is -0.264. The Morgan fingerprint density at radius 1 is 0.275 bits per heavy atom. The van der Waals surface area contributed by atoms with Crippen LogP contribution >= 0.6 is 0 Å². The van der Waals surface area contributed by atoms with Gasteiger partial charge in [0.1, 0.15) is 0 Å². The molecule has 3 radical (unpaired) electrons. The topological polar surface area (TPSA) is 247 Å². The van der Waals surface area contributed by atoms with Crippen LogP contribution in [-0.4, -0.2) is 152 Å². The molecule has 0 heterocycles. The Balaban J connectivity index is -0.0000000606. The van der Waals surface area contributed by atoms with Gasteiger partial charge in [-0.1, -0.05) is 125 Å². The molecular formula is C70H156N12O6Y3-6. The molecule has 0 aliphatic heterocycles. The van der Waals surface area contributed by atoms with E-state index in [-0.39, 0.29) is 131 Å². The minimum Gasteiger partial charge on any atom is -0.542 e. The van der Waals surface area contributed by atoms with Crippen molar-refractivity contribution in [1.82, 2.24) is 63.8 Å². The van der Waals surface area contributed by atoms with Crippen molar-refractivity contribution in [1.29, 1.82) is 0 Å². The Morgan fingerprint density at radius 2 is 0.451 bits per heavy atom. The van der Waals surface area contributed by atoms with Gasteiger partial charge in [-0.15, -0.1) is 22.7 Å². The van der Waals surface area contributed by atoms with Gasteiger partial charge >= 0.3 is 0 Å². The first-order valence-corrected chi connectivity index (χ1v) is 31.6. The van der Waals surface area contributed by atoms with Crippen molar-refractivity contribution < 1.29 is 127 Å². The van der Waals surface area contributed by atoms with E-state index in [1.54, 1.807) is 6.41 Å². The molecule has 0 atom stereocenters. The van der Waals surface area contributed by atoms with Crippen LogP contribution in [0.25, 0.3) is 0 Å². The largest absolute Gasteiger partial charge is 0.542 e. The van der Waals surface area contributed by atoms with Crippen molar-refractivity contribution in [3.05, 3.63) is 0 Å². The maximum atomic E-state index is 9.78. The van der Waals surface area contributed by atoms with Gasteiger partial charge in [0.2, 0.25) is 0 Å². The Bertz CT molecular complexity index is 1360. The first-order valence-electron chi connectivity index (χ1n) is 31.6. The van der Waals surface area contributed by atoms with E-state index >= 15 is 0 Å². The van der Waals surface area contributed by atoms with Gasteiger partial charge in [0.05, 0.1) is 0 Å². The molecule has 0 aromatic carbocycles. The number of hydrogen-bond donors (Lipinski definition) is 12. The molecule has 0 rings (SSSR count). The van der Waals surface area contributed by atoms with Crippen LogP contribution in [0.2, 0.25) is 0 Å². The summed E-state index contributed by atoms with van der Waals surface area (Å²) in [6, 6.07) is 0. The van der Waals surface area contributed by atoms with Crippen LogP contribution in [0.3, 0.4) is 0 Å². The quantitative estimate of drug-likeness (QED) is 0.0249. The van der Waals surface area contributed by atoms with Crippen molar-refractivity contribution in [3.63, 3.8) is 0 Å². The summed E-state index contributed by atoms with van der Waals surface area (Å²) in [6.45, 7) is 82.0. The normalized spacial score (nSPS) is 11.4. The maximum Gasteiger partial charge on any atom is 0.0458 e. The summed E-state index contributed by atoms with van der Waals surface area (Å²) in [4.78, 5) is 57.5. The zero-order valence-electron chi connectivity index (χ0n) is 67.7. The van der Waals surface area contributed by atoms with Gasteiger partial charge in [-0.25, -0.2) is 0 Å². The zero-order valence-corrected chi connectivity index (χ0v) is 76.2. The fraction of sp³-hybridized carbons (Fsp3) is 0.914. The number of amides is 2. The standard InChI is InChI=1S/2C11H26N2.2C8H17N2O.3C5H13N.3C5H9O.C2H4NO.3Y/c2*1-10(2,3)7-8-12-9-13-11(4,5)6;1-8(2,3)4-5-9-6-10-7-11;1-8(2,3)10-7-9-5-4-6-11;3*1-5(2,3)6-4;3*1-5(2,3)4-6;1-3-2-4;;;/h2*12-13H,7-9H2,1-6H3;9H,4-6H2,1-3H3,(H,10,11);9-10H,4-5,7H2,1-3H3;3*6H,1-4H3;3*1-3H3;1H3,(H,3,4);;;/q;;2*-1;;;;4*-1;;;. The molecule has 21 heteroatoms. The first-order chi connectivity index (χ1) is 38.8. The smallest absolute Gasteiger partial charge is 0.0458 e. The molecule has 0 saturated heterocycles. The molecule has 0 aromatic rings. The summed E-state index contributed by atoms with van der Waals surface area (Å²) in [7, 11) is 7.38. The van der Waals surface area contributed by atoms with Crippen molar-refractivity contribution in [2.75, 3.05) is 81.0 Å². The summed E-state index contributed by atoms with van der Waals surface area (Å²) >= 11 is 0. The molecule has 91 heavy (non-hydrogen) atoms. The van der Waals surface area contributed by atoms with E-state index in [9.17, 15) is 24.0 Å². The number of hydrogen-bond acceptors (Lipinski definition) is 16. The van der Waals surface area contributed by atoms with E-state index in [0.717, 1.165) is 46.1 Å². The van der Waals surface area contributed by atoms with Crippen molar-refractivity contribution >= 4 is 38.0 Å². The van der Waals surface area contributed by atoms with Gasteiger partial charge in [0.15, 0.2) is 0 Å². The molecule has 0 aliphatic carbocycles. The molecule has 0 aliphatic rings. The van der Waals surface area contributed by atoms with Gasteiger partial charge in [-0.3, -0.25) is 41.1 Å². The van der Waals surface area contributed by atoms with E-state index in [1.165, 1.54) is 26.3 Å². The Kier molecular flexibility index (Phi) is 94.7. The fourth-order valence-corrected chi connectivity index (χ4v) is 2.96. The molecule has 12 N–H and O–H groups in total. The average Bonchev–Trinajstić information content (AvgIpc) is 3.32. The third kappa shape index (κ3) is 230. The van der Waals surface area contributed by atoms with Crippen molar-refractivity contribution in [3.8, 4) is 0 Å². The molecule has 0 spiro atoms. The van der Waals surface area contributed by atoms with Crippen LogP contribution in [0, 0.1) is 32.5 Å². The van der Waals surface area contributed by atoms with Gasteiger partial charge in [0, 0.05) is 158 Å². The summed E-state index contributed by atoms with van der Waals surface area (Å²) in [5.74, 6) is 0. The summed E-state index contributed by atoms with van der Waals surface area (Å²) < 4.78 is 0. The second-order valence-electron chi connectivity index (χ2n) is 34.0. The Morgan fingerprint density at radius 3 is 0.571 bits per heavy atom. The third-order valence-corrected chi connectivity index (χ3v) is 9.35. The minimum absolute atomic E-state index is 0. The van der Waals surface area contributed by atoms with Crippen LogP contribution in [0.4, 0.5) is 0 Å². The average molecular weight is 1530 g/mol. The van der Waals surface area contributed by atoms with Crippen molar-refractivity contribution in [2.24, 2.45) is 32.5 Å². The molecule has 0 fully saturated rings. The first kappa shape index (κ1) is 125. The molecular weight excluding hydrogens is 1370 g/mol. The van der Waals surface area contributed by atoms with E-state index in [4.69, 9.17) is 4.79 Å². The van der Waals surface area contributed by atoms with Crippen LogP contribution in [-0.2, 0) is 127 Å². The predicted molar refractivity (Wildman–Crippen MR) is 388 cm³/mol. The number of rotatable bonds is 19. The maximum absolute atomic E-state index is 9.78. The monoisotopic (exact) mass is 1530 g/mol. The second kappa shape index (κ2) is 69.0. The van der Waals surface area contributed by atoms with Gasteiger partial charge in [0.25, 0.3) is 0 Å². The number of carbonyl (C=O) groups excluding carboxylic acids is 6. The molecule has 547 valence electrons. The van der Waals surface area contributed by atoms with Crippen molar-refractivity contribution in [2.45, 2.75) is 308 Å². The SMILES string of the molecule is CC(C)(C)CCNCNC(C)(C)C.CC(C)(C)CCNCNC(C)(C)C.CC(C)(C)CCNCN[C-]=O.CC(C)(C)NCNCC[C-]=O.CC(C)(C)[C-]=O.CC(C)(C)[C-]=O.CC(C)(C)[C-]=O.CNC(C)(C)C.CNC(C)(C)C.CNC(C)(C)C.CN[C-]=O.[Y].[Y].[Y]. The predicted octanol–water partition coefficient (Wildman–Crippen LogP) is 11.5. The van der Waals surface area contributed by atoms with Gasteiger partial charge in [-0.05, 0) is 215 Å². The van der Waals surface area contributed by atoms with E-state index in [0.29, 0.717) is 52.5 Å². The summed E-state index contributed by atoms with van der Waals surface area (Å²) in [5, 5.41) is 36.8. The Labute approximate surface area is 644 Å². The van der Waals surface area contributed by atoms with Crippen LogP contribution in [0.1, 0.15) is 275 Å². The second-order valence-corrected chi connectivity index (χ2v) is 34.0. The van der Waals surface area contributed by atoms with E-state index in [1.807, 2.05) is 109 Å². The zero-order chi connectivity index (χ0) is 73.2. The molecule has 18 nitrogen and oxygen atoms in total. The van der Waals surface area contributed by atoms with Crippen LogP contribution in [0.5, 0.6) is 0 Å². The molecule has 2 amide bonds. The van der Waals surface area contributed by atoms with Crippen LogP contribution < -0.4 is 63.8 Å². The molecule has 0 aromatic heterocycles. The van der Waals surface area contributed by atoms with Crippen LogP contribution in [0.15, 0.2) is 0 Å². The van der Waals surface area contributed by atoms with Gasteiger partial charge < -0.3 is 76.6 Å². The summed E-state index contributed by atoms with van der Waals surface area (Å²) in [6.07, 6.45) is 14.4. The number of nitrogens with one attached hydrogen (secondary N) is 12. The molecule has 0 unspecified atom stereocenters. The third-order valence-electron chi connectivity index (χ3n) is 9.35. The van der Waals surface area contributed by atoms with Gasteiger partial charge in [-0.2, -0.15) is 12.8 Å². The summed E-state index contributed by atoms with van der Waals surface area (Å²) in [5.41, 5.74) is 1.89. The fourth-order valence-electron chi connectivity index (χ4n) is 2.96. The van der Waals surface area contributed by atoms with E-state index < -0.39 is 0 Å². The van der Waals surface area contributed by atoms with E-state index in [2.05, 4.69) is 251 Å².